The van der Waals surface area contributed by atoms with Gasteiger partial charge in [0.05, 0.1) is 6.04 Å². The van der Waals surface area contributed by atoms with Gasteiger partial charge in [0.25, 0.3) is 0 Å². The van der Waals surface area contributed by atoms with Crippen LogP contribution in [0.4, 0.5) is 0 Å². The lowest BCUT2D eigenvalue weighted by atomic mass is 9.81. The first-order valence-corrected chi connectivity index (χ1v) is 16.1. The monoisotopic (exact) mass is 616 g/mol. The maximum atomic E-state index is 11.5. The molecule has 0 aliphatic heterocycles. The zero-order valence-corrected chi connectivity index (χ0v) is 27.9. The molecule has 1 fully saturated rings. The van der Waals surface area contributed by atoms with E-state index in [-0.39, 0.29) is 11.6 Å². The maximum absolute atomic E-state index is 11.5. The van der Waals surface area contributed by atoms with Crippen molar-refractivity contribution in [1.82, 2.24) is 9.97 Å². The molecule has 1 aliphatic carbocycles. The minimum absolute atomic E-state index is 0.230. The van der Waals surface area contributed by atoms with Gasteiger partial charge in [-0.1, -0.05) is 69.2 Å². The number of imidazole rings is 1. The van der Waals surface area contributed by atoms with Crippen molar-refractivity contribution < 1.29 is 5.11 Å². The van der Waals surface area contributed by atoms with Gasteiger partial charge in [0.1, 0.15) is 5.69 Å². The molecule has 2 atom stereocenters. The molecule has 1 heterocycles. The molecule has 236 valence electrons. The van der Waals surface area contributed by atoms with Gasteiger partial charge in [0.2, 0.25) is 5.88 Å². The van der Waals surface area contributed by atoms with Gasteiger partial charge in [-0.3, -0.25) is 9.98 Å². The number of nitrogens with one attached hydrogen (secondary N) is 3. The summed E-state index contributed by atoms with van der Waals surface area (Å²) in [4.78, 5) is 21.5. The van der Waals surface area contributed by atoms with Crippen LogP contribution in [0, 0.1) is 17.2 Å². The lowest BCUT2D eigenvalue weighted by Crippen LogP contribution is -2.13. The van der Waals surface area contributed by atoms with Gasteiger partial charge in [-0.2, -0.15) is 0 Å². The van der Waals surface area contributed by atoms with E-state index in [0.717, 1.165) is 48.3 Å². The Morgan fingerprint density at radius 1 is 1.20 bits per heavy atom. The third kappa shape index (κ3) is 10.2. The number of aliphatic imine (C=N–C) groups is 1. The van der Waals surface area contributed by atoms with Crippen LogP contribution in [0.2, 0.25) is 5.02 Å². The molecule has 0 spiro atoms. The number of benzene rings is 1. The molecule has 1 aromatic carbocycles. The smallest absolute Gasteiger partial charge is 0.326 e. The Morgan fingerprint density at radius 3 is 2.52 bits per heavy atom. The van der Waals surface area contributed by atoms with E-state index >= 15 is 0 Å². The van der Waals surface area contributed by atoms with Gasteiger partial charge >= 0.3 is 5.69 Å². The maximum Gasteiger partial charge on any atom is 0.326 e. The molecule has 7 heteroatoms. The van der Waals surface area contributed by atoms with Crippen molar-refractivity contribution >= 4 is 35.7 Å². The summed E-state index contributed by atoms with van der Waals surface area (Å²) in [5.74, 6) is 0.945. The standard InChI is InChI=1S/C37H49ClN4O2/c1-8-10-28-15-16-31(38)21-33(28)27(7)24(4)13-14-29(19-34(23(2)3)40-32-17-18-32)25(5)11-9-12-26(6)30(22-39)20-35-36(43)42-37(44)41-35/h10,12,15-16,20-24,27,32,39,43H,1,9,11,13-14,17-19H2,2-7H3,(H2,41,42,44)/b26-12+,29-25?,30-20-,39-22?,40-34?. The van der Waals surface area contributed by atoms with Crippen LogP contribution in [0.5, 0.6) is 5.88 Å². The predicted octanol–water partition coefficient (Wildman–Crippen LogP) is 9.81. The Hall–Kier alpha value is -3.60. The average Bonchev–Trinajstić information content (AvgIpc) is 3.74. The minimum Gasteiger partial charge on any atom is -0.493 e. The summed E-state index contributed by atoms with van der Waals surface area (Å²) in [5.41, 5.74) is 10.8. The minimum atomic E-state index is -0.482. The summed E-state index contributed by atoms with van der Waals surface area (Å²) in [6, 6.07) is 6.55. The zero-order valence-electron chi connectivity index (χ0n) is 27.2. The number of rotatable bonds is 16. The molecule has 1 aliphatic rings. The summed E-state index contributed by atoms with van der Waals surface area (Å²) in [7, 11) is 0. The van der Waals surface area contributed by atoms with Crippen LogP contribution in [0.1, 0.15) is 109 Å². The fraction of sp³-hybridized carbons (Fsp3) is 0.459. The number of hydrogen-bond acceptors (Lipinski definition) is 4. The normalized spacial score (nSPS) is 16.4. The zero-order chi connectivity index (χ0) is 32.4. The molecule has 3 rings (SSSR count). The number of H-pyrrole nitrogens is 2. The summed E-state index contributed by atoms with van der Waals surface area (Å²) in [6.07, 6.45) is 14.0. The third-order valence-electron chi connectivity index (χ3n) is 8.73. The number of aromatic hydroxyl groups is 1. The van der Waals surface area contributed by atoms with E-state index in [9.17, 15) is 9.90 Å². The number of aromatic amines is 2. The molecular formula is C37H49ClN4O2. The van der Waals surface area contributed by atoms with Crippen LogP contribution >= 0.6 is 11.6 Å². The molecule has 0 radical (unpaired) electrons. The number of aromatic nitrogens is 2. The van der Waals surface area contributed by atoms with E-state index in [2.05, 4.69) is 69.0 Å². The highest BCUT2D eigenvalue weighted by Gasteiger charge is 2.23. The highest BCUT2D eigenvalue weighted by Crippen LogP contribution is 2.35. The van der Waals surface area contributed by atoms with Gasteiger partial charge in [-0.15, -0.1) is 5.73 Å². The predicted molar refractivity (Wildman–Crippen MR) is 187 cm³/mol. The third-order valence-corrected chi connectivity index (χ3v) is 8.96. The molecular weight excluding hydrogens is 568 g/mol. The van der Waals surface area contributed by atoms with Crippen LogP contribution < -0.4 is 5.69 Å². The van der Waals surface area contributed by atoms with Crippen molar-refractivity contribution in [1.29, 1.82) is 5.41 Å². The second kappa shape index (κ2) is 16.5. The highest BCUT2D eigenvalue weighted by atomic mass is 35.5. The lowest BCUT2D eigenvalue weighted by Gasteiger charge is -2.24. The summed E-state index contributed by atoms with van der Waals surface area (Å²) in [5, 5.41) is 18.5. The Labute approximate surface area is 268 Å². The van der Waals surface area contributed by atoms with Crippen LogP contribution in [0.3, 0.4) is 0 Å². The first kappa shape index (κ1) is 34.9. The molecule has 44 heavy (non-hydrogen) atoms. The second-order valence-corrected chi connectivity index (χ2v) is 12.9. The first-order valence-electron chi connectivity index (χ1n) is 15.7. The fourth-order valence-corrected chi connectivity index (χ4v) is 5.55. The summed E-state index contributed by atoms with van der Waals surface area (Å²) in [6.45, 7) is 17.1. The molecule has 1 aromatic heterocycles. The first-order chi connectivity index (χ1) is 20.9. The fourth-order valence-electron chi connectivity index (χ4n) is 5.36. The van der Waals surface area contributed by atoms with Crippen molar-refractivity contribution in [2.24, 2.45) is 16.8 Å². The van der Waals surface area contributed by atoms with E-state index in [1.54, 1.807) is 6.08 Å². The Morgan fingerprint density at radius 2 is 1.93 bits per heavy atom. The molecule has 1 saturated carbocycles. The van der Waals surface area contributed by atoms with Crippen molar-refractivity contribution in [2.75, 3.05) is 0 Å². The van der Waals surface area contributed by atoms with E-state index in [1.165, 1.54) is 41.5 Å². The van der Waals surface area contributed by atoms with E-state index in [1.807, 2.05) is 25.1 Å². The lowest BCUT2D eigenvalue weighted by molar-refractivity contribution is 0.450. The number of allylic oxidation sites excluding steroid dienone is 5. The second-order valence-electron chi connectivity index (χ2n) is 12.5. The molecule has 2 unspecified atom stereocenters. The quantitative estimate of drug-likeness (QED) is 0.0652. The van der Waals surface area contributed by atoms with Crippen LogP contribution in [0.25, 0.3) is 12.2 Å². The van der Waals surface area contributed by atoms with Crippen molar-refractivity contribution in [3.8, 4) is 5.88 Å². The number of halogens is 1. The Balaban J connectivity index is 1.80. The Bertz CT molecular complexity index is 1540. The van der Waals surface area contributed by atoms with Gasteiger partial charge in [-0.05, 0) is 117 Å². The van der Waals surface area contributed by atoms with E-state index in [0.29, 0.717) is 29.4 Å². The van der Waals surface area contributed by atoms with Crippen molar-refractivity contribution in [2.45, 2.75) is 98.4 Å². The largest absolute Gasteiger partial charge is 0.493 e. The molecule has 0 saturated heterocycles. The van der Waals surface area contributed by atoms with Crippen molar-refractivity contribution in [3.05, 3.63) is 91.2 Å². The molecule has 6 nitrogen and oxygen atoms in total. The van der Waals surface area contributed by atoms with Gasteiger partial charge in [0, 0.05) is 23.4 Å². The van der Waals surface area contributed by atoms with Gasteiger partial charge < -0.3 is 15.5 Å². The topological polar surface area (TPSA) is 105 Å². The molecule has 2 aromatic rings. The number of hydrogen-bond donors (Lipinski definition) is 4. The van der Waals surface area contributed by atoms with Gasteiger partial charge in [0.15, 0.2) is 0 Å². The van der Waals surface area contributed by atoms with E-state index < -0.39 is 5.69 Å². The van der Waals surface area contributed by atoms with Crippen LogP contribution in [-0.2, 0) is 0 Å². The average molecular weight is 617 g/mol. The SMILES string of the molecule is C=C=Cc1ccc(Cl)cc1C(C)C(C)CCC(CC(=NC1CC1)C(C)C)=C(C)CC/C=C(C)/C(C=N)=C\c1[nH]c(=O)[nH]c1O. The molecule has 0 bridgehead atoms. The number of nitrogens with zero attached hydrogens (tertiary/aromatic N) is 1. The Kier molecular flexibility index (Phi) is 13.1. The van der Waals surface area contributed by atoms with E-state index in [4.69, 9.17) is 22.0 Å². The van der Waals surface area contributed by atoms with Crippen LogP contribution in [-0.4, -0.2) is 33.0 Å². The highest BCUT2D eigenvalue weighted by molar-refractivity contribution is 6.30. The van der Waals surface area contributed by atoms with Crippen molar-refractivity contribution in [3.63, 3.8) is 0 Å². The van der Waals surface area contributed by atoms with Crippen LogP contribution in [0.15, 0.2) is 68.7 Å². The molecule has 0 amide bonds. The van der Waals surface area contributed by atoms with Gasteiger partial charge in [-0.25, -0.2) is 4.79 Å². The molecule has 4 N–H and O–H groups in total. The summed E-state index contributed by atoms with van der Waals surface area (Å²) < 4.78 is 0. The summed E-state index contributed by atoms with van der Waals surface area (Å²) >= 11 is 6.40.